The smallest absolute Gasteiger partial charge is 0.338 e. The van der Waals surface area contributed by atoms with Gasteiger partial charge in [-0.2, -0.15) is 0 Å². The van der Waals surface area contributed by atoms with E-state index in [2.05, 4.69) is 6.92 Å². The number of rotatable bonds is 4. The summed E-state index contributed by atoms with van der Waals surface area (Å²) < 4.78 is 0. The van der Waals surface area contributed by atoms with Crippen LogP contribution < -0.4 is 5.73 Å². The molecule has 8 nitrogen and oxygen atoms in total. The van der Waals surface area contributed by atoms with Gasteiger partial charge in [-0.05, 0) is 19.0 Å². The zero-order valence-electron chi connectivity index (χ0n) is 11.3. The van der Waals surface area contributed by atoms with E-state index in [0.29, 0.717) is 0 Å². The van der Waals surface area contributed by atoms with Gasteiger partial charge in [-0.1, -0.05) is 19.1 Å². The average molecular weight is 286 g/mol. The largest absolute Gasteiger partial charge is 0.481 e. The summed E-state index contributed by atoms with van der Waals surface area (Å²) in [5.74, 6) is -4.41. The van der Waals surface area contributed by atoms with Gasteiger partial charge >= 0.3 is 11.9 Å². The molecule has 1 rings (SSSR count). The van der Waals surface area contributed by atoms with Gasteiger partial charge in [-0.3, -0.25) is 14.9 Å². The van der Waals surface area contributed by atoms with Crippen LogP contribution in [-0.4, -0.2) is 39.2 Å². The number of hydrogen-bond acceptors (Lipinski definition) is 5. The summed E-state index contributed by atoms with van der Waals surface area (Å²) >= 11 is 0. The highest BCUT2D eigenvalue weighted by atomic mass is 16.6. The molecule has 0 heterocycles. The lowest BCUT2D eigenvalue weighted by Crippen LogP contribution is -2.50. The summed E-state index contributed by atoms with van der Waals surface area (Å²) in [6.45, 7) is 3.87. The van der Waals surface area contributed by atoms with Crippen LogP contribution in [0.3, 0.4) is 0 Å². The summed E-state index contributed by atoms with van der Waals surface area (Å²) in [6, 6.07) is 0. The maximum Gasteiger partial charge on any atom is 0.338 e. The minimum atomic E-state index is -2.15. The second-order valence-corrected chi connectivity index (χ2v) is 4.28. The van der Waals surface area contributed by atoms with Crippen LogP contribution in [0, 0.1) is 16.0 Å². The zero-order valence-corrected chi connectivity index (χ0v) is 11.3. The summed E-state index contributed by atoms with van der Waals surface area (Å²) in [5, 5.41) is 28.6. The molecule has 20 heavy (non-hydrogen) atoms. The Hall–Kier alpha value is -2.22. The minimum Gasteiger partial charge on any atom is -0.481 e. The normalized spacial score (nSPS) is 24.1. The van der Waals surface area contributed by atoms with Crippen molar-refractivity contribution in [2.45, 2.75) is 25.8 Å². The van der Waals surface area contributed by atoms with Gasteiger partial charge < -0.3 is 15.9 Å². The highest BCUT2D eigenvalue weighted by molar-refractivity contribution is 5.92. The van der Waals surface area contributed by atoms with Crippen molar-refractivity contribution in [3.8, 4) is 0 Å². The quantitative estimate of drug-likeness (QED) is 0.508. The first kappa shape index (κ1) is 17.8. The van der Waals surface area contributed by atoms with Gasteiger partial charge in [0.1, 0.15) is 11.5 Å². The molecule has 4 N–H and O–H groups in total. The van der Waals surface area contributed by atoms with Gasteiger partial charge in [0, 0.05) is 11.8 Å². The van der Waals surface area contributed by atoms with Crippen molar-refractivity contribution < 1.29 is 24.7 Å². The third-order valence-electron chi connectivity index (χ3n) is 2.88. The fraction of sp³-hybridized carbons (Fsp3) is 0.500. The van der Waals surface area contributed by atoms with E-state index in [9.17, 15) is 19.7 Å². The number of nitro groups is 1. The molecule has 112 valence electrons. The van der Waals surface area contributed by atoms with Crippen molar-refractivity contribution >= 4 is 11.9 Å². The number of carboxylic acid groups (broad SMARTS) is 2. The molecular formula is C12H18N2O6. The maximum atomic E-state index is 10.9. The first-order chi connectivity index (χ1) is 9.23. The molecule has 0 amide bonds. The Morgan fingerprint density at radius 3 is 2.30 bits per heavy atom. The van der Waals surface area contributed by atoms with Crippen LogP contribution in [0.2, 0.25) is 0 Å². The molecule has 0 aromatic heterocycles. The van der Waals surface area contributed by atoms with E-state index >= 15 is 0 Å². The molecule has 1 aliphatic rings. The van der Waals surface area contributed by atoms with Crippen molar-refractivity contribution in [2.75, 3.05) is 6.54 Å². The number of nitrogens with zero attached hydrogens (tertiary/aromatic N) is 1. The lowest BCUT2D eigenvalue weighted by Gasteiger charge is -2.27. The summed E-state index contributed by atoms with van der Waals surface area (Å²) in [5.41, 5.74) is 2.35. The number of carbonyl (C=O) groups is 2. The molecule has 0 spiro atoms. The summed E-state index contributed by atoms with van der Waals surface area (Å²) in [6.07, 6.45) is 4.45. The molecule has 0 aliphatic heterocycles. The lowest BCUT2D eigenvalue weighted by molar-refractivity contribution is -0.558. The summed E-state index contributed by atoms with van der Waals surface area (Å²) in [7, 11) is 0. The van der Waals surface area contributed by atoms with E-state index in [0.717, 1.165) is 32.0 Å². The Balaban J connectivity index is 0.000000796. The molecule has 0 bridgehead atoms. The number of allylic oxidation sites excluding steroid dienone is 2. The first-order valence-electron chi connectivity index (χ1n) is 5.93. The number of nitrogens with two attached hydrogens (primary N) is 1. The Kier molecular flexibility index (Phi) is 6.57. The van der Waals surface area contributed by atoms with E-state index in [4.69, 9.17) is 15.9 Å². The SMILES string of the molecule is CC1([N+](=O)[O-])C(C(=O)O)=CC=CC1C(=O)O.CCCN. The molecule has 8 heteroatoms. The third kappa shape index (κ3) is 3.64. The van der Waals surface area contributed by atoms with E-state index in [-0.39, 0.29) is 0 Å². The highest BCUT2D eigenvalue weighted by Gasteiger charge is 2.55. The molecule has 0 saturated heterocycles. The van der Waals surface area contributed by atoms with Gasteiger partial charge in [0.2, 0.25) is 0 Å². The predicted octanol–water partition coefficient (Wildman–Crippen LogP) is 0.659. The second kappa shape index (κ2) is 7.39. The van der Waals surface area contributed by atoms with Crippen LogP contribution >= 0.6 is 0 Å². The molecule has 0 saturated carbocycles. The fourth-order valence-electron chi connectivity index (χ4n) is 1.61. The van der Waals surface area contributed by atoms with Crippen LogP contribution in [0.15, 0.2) is 23.8 Å². The van der Waals surface area contributed by atoms with Crippen molar-refractivity contribution in [2.24, 2.45) is 11.7 Å². The molecular weight excluding hydrogens is 268 g/mol. The predicted molar refractivity (Wildman–Crippen MR) is 70.7 cm³/mol. The van der Waals surface area contributed by atoms with E-state index in [1.165, 1.54) is 6.08 Å². The van der Waals surface area contributed by atoms with Gasteiger partial charge in [-0.15, -0.1) is 0 Å². The number of aliphatic carboxylic acids is 2. The fourth-order valence-corrected chi connectivity index (χ4v) is 1.61. The standard InChI is InChI=1S/C9H9NO6.C3H9N/c1-9(10(15)16)5(7(11)12)3-2-4-6(9)8(13)14;1-2-3-4/h2-5H,1H3,(H,11,12)(H,13,14);2-4H2,1H3. The number of hydrogen-bond donors (Lipinski definition) is 3. The second-order valence-electron chi connectivity index (χ2n) is 4.28. The van der Waals surface area contributed by atoms with E-state index in [1.807, 2.05) is 0 Å². The minimum absolute atomic E-state index is 0.535. The van der Waals surface area contributed by atoms with Gasteiger partial charge in [-0.25, -0.2) is 4.79 Å². The Morgan fingerprint density at radius 1 is 1.50 bits per heavy atom. The van der Waals surface area contributed by atoms with Crippen LogP contribution in [0.4, 0.5) is 0 Å². The molecule has 2 unspecified atom stereocenters. The number of carboxylic acids is 2. The van der Waals surface area contributed by atoms with Gasteiger partial charge in [0.25, 0.3) is 5.54 Å². The zero-order chi connectivity index (χ0) is 15.9. The van der Waals surface area contributed by atoms with Crippen molar-refractivity contribution in [1.82, 2.24) is 0 Å². The Labute approximate surface area is 115 Å². The monoisotopic (exact) mass is 286 g/mol. The highest BCUT2D eigenvalue weighted by Crippen LogP contribution is 2.34. The van der Waals surface area contributed by atoms with Gasteiger partial charge in [0.15, 0.2) is 0 Å². The topological polar surface area (TPSA) is 144 Å². The van der Waals surface area contributed by atoms with Crippen LogP contribution in [-0.2, 0) is 9.59 Å². The molecule has 2 atom stereocenters. The molecule has 0 aromatic rings. The molecule has 0 fully saturated rings. The molecule has 0 radical (unpaired) electrons. The van der Waals surface area contributed by atoms with Crippen molar-refractivity contribution in [1.29, 1.82) is 0 Å². The Morgan fingerprint density at radius 2 is 2.00 bits per heavy atom. The molecule has 1 aliphatic carbocycles. The summed E-state index contributed by atoms with van der Waals surface area (Å²) in [4.78, 5) is 31.7. The van der Waals surface area contributed by atoms with Crippen LogP contribution in [0.5, 0.6) is 0 Å². The maximum absolute atomic E-state index is 10.9. The van der Waals surface area contributed by atoms with Crippen LogP contribution in [0.1, 0.15) is 20.3 Å². The van der Waals surface area contributed by atoms with Crippen molar-refractivity contribution in [3.05, 3.63) is 33.9 Å². The average Bonchev–Trinajstić information content (AvgIpc) is 2.38. The first-order valence-corrected chi connectivity index (χ1v) is 5.93. The van der Waals surface area contributed by atoms with Gasteiger partial charge in [0.05, 0.1) is 0 Å². The third-order valence-corrected chi connectivity index (χ3v) is 2.88. The van der Waals surface area contributed by atoms with Crippen molar-refractivity contribution in [3.63, 3.8) is 0 Å². The van der Waals surface area contributed by atoms with Crippen LogP contribution in [0.25, 0.3) is 0 Å². The van der Waals surface area contributed by atoms with E-state index in [1.54, 1.807) is 0 Å². The lowest BCUT2D eigenvalue weighted by atomic mass is 9.76. The Bertz CT molecular complexity index is 455. The van der Waals surface area contributed by atoms with E-state index < -0.39 is 33.9 Å². The molecule has 0 aromatic carbocycles.